The number of aromatic nitrogens is 2. The van der Waals surface area contributed by atoms with Crippen LogP contribution < -0.4 is 9.75 Å². The minimum Gasteiger partial charge on any atom is -0.493 e. The maximum atomic E-state index is 13.2. The number of aromatic hydroxyl groups is 1. The molecule has 0 saturated carbocycles. The SMILES string of the molecule is COC(=O)Oc1nn(-c2ccc(S(=O)(=O)O)cc2)c(O)c1C=CC=C1C(=O)N(c2ccc(S(=O)(=O)O)cc2)N=C1C(=O)OC. The molecule has 19 heteroatoms. The number of esters is 1. The molecule has 1 aliphatic rings. The summed E-state index contributed by atoms with van der Waals surface area (Å²) in [6.07, 6.45) is 2.27. The number of methoxy groups -OCH3 is 2. The highest BCUT2D eigenvalue weighted by molar-refractivity contribution is 7.86. The number of allylic oxidation sites excluding steroid dienone is 2. The summed E-state index contributed by atoms with van der Waals surface area (Å²) in [4.78, 5) is 36.5. The number of carbonyl (C=O) groups excluding carboxylic acids is 3. The van der Waals surface area contributed by atoms with E-state index in [0.29, 0.717) is 0 Å². The predicted molar refractivity (Wildman–Crippen MR) is 148 cm³/mol. The standard InChI is InChI=1S/C25H20N4O13S2/c1-40-24(32)20-18(22(30)28(26-20)14-6-10-16(11-7-14)43(34,35)36)4-3-5-19-21(42-25(33)41-2)27-29(23(19)31)15-8-12-17(13-9-15)44(37,38)39/h3-13,31H,1-2H3,(H,34,35,36)(H,37,38,39). The highest BCUT2D eigenvalue weighted by Gasteiger charge is 2.35. The van der Waals surface area contributed by atoms with Crippen molar-refractivity contribution in [3.63, 3.8) is 0 Å². The van der Waals surface area contributed by atoms with Crippen molar-refractivity contribution in [3.05, 3.63) is 71.8 Å². The van der Waals surface area contributed by atoms with Crippen LogP contribution in [-0.2, 0) is 39.3 Å². The lowest BCUT2D eigenvalue weighted by atomic mass is 10.1. The lowest BCUT2D eigenvalue weighted by molar-refractivity contribution is -0.132. The number of carbonyl (C=O) groups is 3. The molecule has 2 heterocycles. The van der Waals surface area contributed by atoms with Crippen molar-refractivity contribution in [1.29, 1.82) is 0 Å². The first-order chi connectivity index (χ1) is 20.6. The molecule has 1 amide bonds. The minimum absolute atomic E-state index is 0.0453. The normalized spacial score (nSPS) is 14.6. The zero-order chi connectivity index (χ0) is 32.4. The second kappa shape index (κ2) is 12.1. The van der Waals surface area contributed by atoms with Crippen LogP contribution in [0.25, 0.3) is 11.8 Å². The van der Waals surface area contributed by atoms with Gasteiger partial charge in [0.25, 0.3) is 32.0 Å². The molecule has 3 N–H and O–H groups in total. The lowest BCUT2D eigenvalue weighted by Gasteiger charge is -2.11. The molecule has 4 rings (SSSR count). The summed E-state index contributed by atoms with van der Waals surface area (Å²) in [7, 11) is -6.94. The van der Waals surface area contributed by atoms with Gasteiger partial charge in [0.15, 0.2) is 5.71 Å². The highest BCUT2D eigenvalue weighted by Crippen LogP contribution is 2.32. The van der Waals surface area contributed by atoms with Crippen molar-refractivity contribution in [2.24, 2.45) is 5.10 Å². The van der Waals surface area contributed by atoms with E-state index in [1.807, 2.05) is 0 Å². The molecule has 230 valence electrons. The zero-order valence-corrected chi connectivity index (χ0v) is 24.0. The molecule has 0 spiro atoms. The molecule has 0 bridgehead atoms. The van der Waals surface area contributed by atoms with Gasteiger partial charge in [0, 0.05) is 0 Å². The quantitative estimate of drug-likeness (QED) is 0.179. The maximum absolute atomic E-state index is 13.2. The average molecular weight is 649 g/mol. The van der Waals surface area contributed by atoms with Gasteiger partial charge < -0.3 is 19.3 Å². The molecule has 1 aromatic heterocycles. The fourth-order valence-electron chi connectivity index (χ4n) is 3.67. The van der Waals surface area contributed by atoms with E-state index >= 15 is 0 Å². The van der Waals surface area contributed by atoms with E-state index in [2.05, 4.69) is 14.9 Å². The summed E-state index contributed by atoms with van der Waals surface area (Å²) in [5, 5.41) is 19.6. The smallest absolute Gasteiger partial charge is 0.493 e. The lowest BCUT2D eigenvalue weighted by Crippen LogP contribution is -2.22. The monoisotopic (exact) mass is 648 g/mol. The number of nitrogens with zero attached hydrogens (tertiary/aromatic N) is 4. The Morgan fingerprint density at radius 1 is 0.864 bits per heavy atom. The molecule has 1 aliphatic heterocycles. The molecular formula is C25H20N4O13S2. The first kappa shape index (κ1) is 31.6. The van der Waals surface area contributed by atoms with Crippen LogP contribution in [-0.4, -0.2) is 78.8 Å². The Morgan fingerprint density at radius 2 is 1.41 bits per heavy atom. The number of hydrazone groups is 1. The van der Waals surface area contributed by atoms with Crippen molar-refractivity contribution in [2.45, 2.75) is 9.79 Å². The van der Waals surface area contributed by atoms with E-state index < -0.39 is 65.5 Å². The van der Waals surface area contributed by atoms with Gasteiger partial charge in [-0.1, -0.05) is 6.08 Å². The summed E-state index contributed by atoms with van der Waals surface area (Å²) in [6, 6.07) is 8.84. The largest absolute Gasteiger partial charge is 0.514 e. The molecule has 0 atom stereocenters. The Labute approximate surface area is 248 Å². The van der Waals surface area contributed by atoms with E-state index in [-0.39, 0.29) is 22.5 Å². The van der Waals surface area contributed by atoms with Crippen LogP contribution in [0.5, 0.6) is 11.8 Å². The van der Waals surface area contributed by atoms with Gasteiger partial charge in [-0.25, -0.2) is 9.59 Å². The van der Waals surface area contributed by atoms with Gasteiger partial charge in [0.2, 0.25) is 5.88 Å². The molecule has 2 aromatic carbocycles. The van der Waals surface area contributed by atoms with Gasteiger partial charge in [-0.2, -0.15) is 31.6 Å². The van der Waals surface area contributed by atoms with Gasteiger partial charge >= 0.3 is 12.1 Å². The summed E-state index contributed by atoms with van der Waals surface area (Å²) < 4.78 is 78.8. The Bertz CT molecular complexity index is 1960. The Balaban J connectivity index is 1.72. The van der Waals surface area contributed by atoms with E-state index in [1.54, 1.807) is 0 Å². The van der Waals surface area contributed by atoms with Crippen molar-refractivity contribution in [2.75, 3.05) is 19.2 Å². The number of rotatable bonds is 8. The van der Waals surface area contributed by atoms with Crippen molar-refractivity contribution >= 4 is 55.7 Å². The van der Waals surface area contributed by atoms with Crippen molar-refractivity contribution < 1.29 is 59.6 Å². The second-order valence-corrected chi connectivity index (χ2v) is 11.3. The highest BCUT2D eigenvalue weighted by atomic mass is 32.2. The number of anilines is 1. The number of hydrogen-bond acceptors (Lipinski definition) is 13. The first-order valence-electron chi connectivity index (χ1n) is 11.8. The third-order valence-corrected chi connectivity index (χ3v) is 7.49. The molecule has 3 aromatic rings. The van der Waals surface area contributed by atoms with Gasteiger partial charge in [-0.05, 0) is 60.7 Å². The number of ether oxygens (including phenoxy) is 3. The van der Waals surface area contributed by atoms with Crippen LogP contribution in [0.2, 0.25) is 0 Å². The fraction of sp³-hybridized carbons (Fsp3) is 0.0800. The van der Waals surface area contributed by atoms with Crippen LogP contribution >= 0.6 is 0 Å². The van der Waals surface area contributed by atoms with Crippen LogP contribution in [0.1, 0.15) is 5.56 Å². The maximum Gasteiger partial charge on any atom is 0.514 e. The molecule has 17 nitrogen and oxygen atoms in total. The molecule has 0 unspecified atom stereocenters. The van der Waals surface area contributed by atoms with Gasteiger partial charge in [0.1, 0.15) is 5.56 Å². The van der Waals surface area contributed by atoms with E-state index in [9.17, 15) is 45.4 Å². The molecule has 44 heavy (non-hydrogen) atoms. The topological polar surface area (TPSA) is 241 Å². The molecule has 0 saturated heterocycles. The van der Waals surface area contributed by atoms with Crippen LogP contribution in [0.4, 0.5) is 10.5 Å². The third-order valence-electron chi connectivity index (χ3n) is 5.75. The van der Waals surface area contributed by atoms with Crippen LogP contribution in [0, 0.1) is 0 Å². The number of hydrogen-bond donors (Lipinski definition) is 3. The van der Waals surface area contributed by atoms with Crippen molar-refractivity contribution in [3.8, 4) is 17.4 Å². The Kier molecular flexibility index (Phi) is 8.67. The third kappa shape index (κ3) is 6.49. The summed E-state index contributed by atoms with van der Waals surface area (Å²) in [6.45, 7) is 0. The van der Waals surface area contributed by atoms with Crippen LogP contribution in [0.3, 0.4) is 0 Å². The zero-order valence-electron chi connectivity index (χ0n) is 22.4. The summed E-state index contributed by atoms with van der Waals surface area (Å²) in [5.41, 5.74) is -0.792. The Morgan fingerprint density at radius 3 is 1.91 bits per heavy atom. The second-order valence-electron chi connectivity index (χ2n) is 8.44. The van der Waals surface area contributed by atoms with Crippen LogP contribution in [0.15, 0.2) is 81.1 Å². The summed E-state index contributed by atoms with van der Waals surface area (Å²) in [5.74, 6) is -2.91. The fourth-order valence-corrected chi connectivity index (χ4v) is 4.63. The van der Waals surface area contributed by atoms with Gasteiger partial charge in [-0.15, -0.1) is 5.10 Å². The predicted octanol–water partition coefficient (Wildman–Crippen LogP) is 1.73. The summed E-state index contributed by atoms with van der Waals surface area (Å²) >= 11 is 0. The minimum atomic E-state index is -4.51. The van der Waals surface area contributed by atoms with Gasteiger partial charge in [0.05, 0.1) is 41.0 Å². The van der Waals surface area contributed by atoms with Gasteiger partial charge in [-0.3, -0.25) is 13.9 Å². The molecule has 0 aliphatic carbocycles. The first-order valence-corrected chi connectivity index (χ1v) is 14.7. The van der Waals surface area contributed by atoms with Crippen molar-refractivity contribution in [1.82, 2.24) is 9.78 Å². The Hall–Kier alpha value is -5.37. The number of benzene rings is 2. The molecular weight excluding hydrogens is 628 g/mol. The molecule has 0 radical (unpaired) electrons. The molecule has 0 fully saturated rings. The van der Waals surface area contributed by atoms with E-state index in [1.165, 1.54) is 30.3 Å². The van der Waals surface area contributed by atoms with E-state index in [0.717, 1.165) is 60.3 Å². The number of amides is 1. The van der Waals surface area contributed by atoms with E-state index in [4.69, 9.17) is 9.47 Å². The average Bonchev–Trinajstić information content (AvgIpc) is 3.47.